The fourth-order valence-electron chi connectivity index (χ4n) is 3.50. The summed E-state index contributed by atoms with van der Waals surface area (Å²) in [6, 6.07) is 19.9. The highest BCUT2D eigenvalue weighted by molar-refractivity contribution is 5.79. The fourth-order valence-corrected chi connectivity index (χ4v) is 3.50. The molecule has 3 aromatic rings. The van der Waals surface area contributed by atoms with Gasteiger partial charge in [0.25, 0.3) is 0 Å². The molecule has 28 heavy (non-hydrogen) atoms. The van der Waals surface area contributed by atoms with Crippen molar-refractivity contribution in [2.24, 2.45) is 5.92 Å². The maximum absolute atomic E-state index is 13.2. The van der Waals surface area contributed by atoms with Crippen LogP contribution in [0.5, 0.6) is 0 Å². The molecular formula is C22H24N4O2. The van der Waals surface area contributed by atoms with Gasteiger partial charge in [0, 0.05) is 12.5 Å². The third-order valence-corrected chi connectivity index (χ3v) is 5.04. The molecule has 0 unspecified atom stereocenters. The van der Waals surface area contributed by atoms with Crippen molar-refractivity contribution in [2.45, 2.75) is 32.0 Å². The lowest BCUT2D eigenvalue weighted by Gasteiger charge is -2.24. The van der Waals surface area contributed by atoms with Crippen LogP contribution < -0.4 is 5.32 Å². The first kappa shape index (κ1) is 18.4. The number of aryl methyl sites for hydroxylation is 1. The van der Waals surface area contributed by atoms with Gasteiger partial charge in [-0.15, -0.1) is 5.10 Å². The van der Waals surface area contributed by atoms with Gasteiger partial charge in [0.15, 0.2) is 0 Å². The van der Waals surface area contributed by atoms with E-state index in [1.54, 1.807) is 4.68 Å². The standard InChI is InChI=1S/C22H24N4O2/c27-22-19(13-17-7-3-1-4-8-17)11-12-26-14-20(24-25-26)15-28-16-21(23-22)18-9-5-2-6-10-18/h1-10,14,19,21H,11-13,15-16H2,(H,23,27)/t19-,21-/m0/s1. The topological polar surface area (TPSA) is 69.0 Å². The molecule has 1 aromatic heterocycles. The minimum atomic E-state index is -0.193. The van der Waals surface area contributed by atoms with E-state index in [4.69, 9.17) is 4.74 Å². The van der Waals surface area contributed by atoms with Crippen molar-refractivity contribution in [2.75, 3.05) is 6.61 Å². The summed E-state index contributed by atoms with van der Waals surface area (Å²) in [6.07, 6.45) is 3.29. The molecule has 1 aliphatic heterocycles. The Labute approximate surface area is 164 Å². The SMILES string of the molecule is O=C1N[C@H](c2ccccc2)COCc2cn(nn2)CC[C@H]1Cc1ccccc1. The second-order valence-electron chi connectivity index (χ2n) is 7.14. The van der Waals surface area contributed by atoms with E-state index in [1.165, 1.54) is 0 Å². The van der Waals surface area contributed by atoms with Gasteiger partial charge in [-0.2, -0.15) is 0 Å². The Morgan fingerprint density at radius 1 is 1.07 bits per heavy atom. The molecule has 2 heterocycles. The summed E-state index contributed by atoms with van der Waals surface area (Å²) in [5, 5.41) is 11.5. The van der Waals surface area contributed by atoms with Gasteiger partial charge >= 0.3 is 0 Å². The number of carbonyl (C=O) groups is 1. The molecular weight excluding hydrogens is 352 g/mol. The molecule has 6 nitrogen and oxygen atoms in total. The summed E-state index contributed by atoms with van der Waals surface area (Å²) >= 11 is 0. The summed E-state index contributed by atoms with van der Waals surface area (Å²) < 4.78 is 7.63. The number of fused-ring (bicyclic) bond motifs is 2. The normalized spacial score (nSPS) is 20.6. The molecule has 0 aliphatic carbocycles. The molecule has 2 aromatic carbocycles. The number of benzene rings is 2. The van der Waals surface area contributed by atoms with Crippen molar-refractivity contribution in [1.29, 1.82) is 0 Å². The van der Waals surface area contributed by atoms with E-state index in [1.807, 2.05) is 54.7 Å². The molecule has 1 N–H and O–H groups in total. The lowest BCUT2D eigenvalue weighted by molar-refractivity contribution is -0.126. The zero-order chi connectivity index (χ0) is 19.2. The quantitative estimate of drug-likeness (QED) is 0.763. The van der Waals surface area contributed by atoms with Crippen LogP contribution in [-0.4, -0.2) is 27.5 Å². The average molecular weight is 376 g/mol. The number of ether oxygens (including phenoxy) is 1. The number of carbonyl (C=O) groups excluding carboxylic acids is 1. The highest BCUT2D eigenvalue weighted by atomic mass is 16.5. The zero-order valence-electron chi connectivity index (χ0n) is 15.7. The van der Waals surface area contributed by atoms with Crippen LogP contribution in [0.15, 0.2) is 66.9 Å². The molecule has 144 valence electrons. The molecule has 0 saturated carbocycles. The van der Waals surface area contributed by atoms with E-state index >= 15 is 0 Å². The monoisotopic (exact) mass is 376 g/mol. The summed E-state index contributed by atoms with van der Waals surface area (Å²) in [6.45, 7) is 1.42. The number of hydrogen-bond donors (Lipinski definition) is 1. The van der Waals surface area contributed by atoms with E-state index in [2.05, 4.69) is 27.8 Å². The molecule has 4 rings (SSSR count). The Kier molecular flexibility index (Phi) is 5.77. The van der Waals surface area contributed by atoms with Gasteiger partial charge in [0.2, 0.25) is 5.91 Å². The van der Waals surface area contributed by atoms with E-state index < -0.39 is 0 Å². The summed E-state index contributed by atoms with van der Waals surface area (Å²) in [7, 11) is 0. The number of aromatic nitrogens is 3. The molecule has 0 fully saturated rings. The van der Waals surface area contributed by atoms with Crippen LogP contribution in [0.3, 0.4) is 0 Å². The Balaban J connectivity index is 1.58. The van der Waals surface area contributed by atoms with Crippen LogP contribution in [0.1, 0.15) is 29.3 Å². The third kappa shape index (κ3) is 4.64. The van der Waals surface area contributed by atoms with Crippen LogP contribution in [0, 0.1) is 5.92 Å². The van der Waals surface area contributed by atoms with Crippen molar-refractivity contribution < 1.29 is 9.53 Å². The van der Waals surface area contributed by atoms with Crippen LogP contribution in [0.4, 0.5) is 0 Å². The van der Waals surface area contributed by atoms with Crippen LogP contribution in [-0.2, 0) is 29.1 Å². The first-order chi connectivity index (χ1) is 13.8. The Morgan fingerprint density at radius 3 is 2.61 bits per heavy atom. The zero-order valence-corrected chi connectivity index (χ0v) is 15.7. The molecule has 0 saturated heterocycles. The number of hydrogen-bond acceptors (Lipinski definition) is 4. The van der Waals surface area contributed by atoms with E-state index in [0.29, 0.717) is 32.6 Å². The highest BCUT2D eigenvalue weighted by Gasteiger charge is 2.24. The summed E-state index contributed by atoms with van der Waals surface area (Å²) in [5.74, 6) is -0.108. The largest absolute Gasteiger partial charge is 0.373 e. The van der Waals surface area contributed by atoms with Gasteiger partial charge < -0.3 is 10.1 Å². The van der Waals surface area contributed by atoms with E-state index in [9.17, 15) is 4.79 Å². The molecule has 1 amide bonds. The van der Waals surface area contributed by atoms with Crippen molar-refractivity contribution in [3.63, 3.8) is 0 Å². The maximum Gasteiger partial charge on any atom is 0.224 e. The first-order valence-corrected chi connectivity index (χ1v) is 9.64. The van der Waals surface area contributed by atoms with Crippen molar-refractivity contribution in [3.8, 4) is 0 Å². The van der Waals surface area contributed by atoms with Crippen molar-refractivity contribution >= 4 is 5.91 Å². The maximum atomic E-state index is 13.2. The summed E-state index contributed by atoms with van der Waals surface area (Å²) in [4.78, 5) is 13.2. The molecule has 0 radical (unpaired) electrons. The minimum Gasteiger partial charge on any atom is -0.373 e. The first-order valence-electron chi connectivity index (χ1n) is 9.64. The predicted molar refractivity (Wildman–Crippen MR) is 105 cm³/mol. The Morgan fingerprint density at radius 2 is 1.82 bits per heavy atom. The highest BCUT2D eigenvalue weighted by Crippen LogP contribution is 2.19. The van der Waals surface area contributed by atoms with Gasteiger partial charge in [-0.1, -0.05) is 65.9 Å². The van der Waals surface area contributed by atoms with Crippen LogP contribution in [0.2, 0.25) is 0 Å². The van der Waals surface area contributed by atoms with Crippen LogP contribution in [0.25, 0.3) is 0 Å². The molecule has 6 heteroatoms. The van der Waals surface area contributed by atoms with Gasteiger partial charge in [0.1, 0.15) is 5.69 Å². The Hall–Kier alpha value is -2.99. The van der Waals surface area contributed by atoms with Crippen LogP contribution >= 0.6 is 0 Å². The van der Waals surface area contributed by atoms with Gasteiger partial charge in [0.05, 0.1) is 25.5 Å². The van der Waals surface area contributed by atoms with Gasteiger partial charge in [-0.3, -0.25) is 9.48 Å². The van der Waals surface area contributed by atoms with E-state index in [0.717, 1.165) is 16.8 Å². The molecule has 0 spiro atoms. The second-order valence-corrected chi connectivity index (χ2v) is 7.14. The third-order valence-electron chi connectivity index (χ3n) is 5.04. The van der Waals surface area contributed by atoms with E-state index in [-0.39, 0.29) is 17.9 Å². The Bertz CT molecular complexity index is 895. The van der Waals surface area contributed by atoms with Gasteiger partial charge in [-0.05, 0) is 24.0 Å². The predicted octanol–water partition coefficient (Wildman–Crippen LogP) is 2.91. The average Bonchev–Trinajstić information content (AvgIpc) is 3.19. The van der Waals surface area contributed by atoms with Crippen molar-refractivity contribution in [1.82, 2.24) is 20.3 Å². The number of nitrogens with zero attached hydrogens (tertiary/aromatic N) is 3. The van der Waals surface area contributed by atoms with Gasteiger partial charge in [-0.25, -0.2) is 0 Å². The number of amides is 1. The fraction of sp³-hybridized carbons (Fsp3) is 0.318. The summed E-state index contributed by atoms with van der Waals surface area (Å²) in [5.41, 5.74) is 3.00. The minimum absolute atomic E-state index is 0.0437. The molecule has 1 aliphatic rings. The molecule has 2 bridgehead atoms. The number of rotatable bonds is 3. The second kappa shape index (κ2) is 8.80. The van der Waals surface area contributed by atoms with Crippen molar-refractivity contribution in [3.05, 3.63) is 83.7 Å². The molecule has 2 atom stereocenters. The lowest BCUT2D eigenvalue weighted by atomic mass is 9.94. The smallest absolute Gasteiger partial charge is 0.224 e. The number of nitrogens with one attached hydrogen (secondary N) is 1. The lowest BCUT2D eigenvalue weighted by Crippen LogP contribution is -2.37.